The molecule has 0 aliphatic carbocycles. The van der Waals surface area contributed by atoms with E-state index >= 15 is 0 Å². The summed E-state index contributed by atoms with van der Waals surface area (Å²) >= 11 is 0. The molecule has 3 heteroatoms. The summed E-state index contributed by atoms with van der Waals surface area (Å²) in [7, 11) is 0. The molecule has 1 fully saturated rings. The number of fused-ring (bicyclic) bond motifs is 1. The lowest BCUT2D eigenvalue weighted by atomic mass is 10.2. The van der Waals surface area contributed by atoms with Crippen LogP contribution in [-0.4, -0.2) is 6.29 Å². The molecule has 3 aliphatic heterocycles. The topological polar surface area (TPSA) is 27.7 Å². The van der Waals surface area contributed by atoms with E-state index in [0.717, 1.165) is 23.7 Å². The van der Waals surface area contributed by atoms with Crippen molar-refractivity contribution < 1.29 is 14.2 Å². The molecule has 0 spiro atoms. The first-order valence-corrected chi connectivity index (χ1v) is 3.54. The van der Waals surface area contributed by atoms with Gasteiger partial charge in [0.15, 0.2) is 11.5 Å². The van der Waals surface area contributed by atoms with Gasteiger partial charge in [-0.3, -0.25) is 0 Å². The first kappa shape index (κ1) is 5.29. The second kappa shape index (κ2) is 1.61. The van der Waals surface area contributed by atoms with Gasteiger partial charge in [0.1, 0.15) is 0 Å². The molecule has 0 aromatic heterocycles. The van der Waals surface area contributed by atoms with Crippen LogP contribution in [0.2, 0.25) is 0 Å². The third kappa shape index (κ3) is 0.576. The van der Waals surface area contributed by atoms with Crippen LogP contribution in [0.3, 0.4) is 0 Å². The van der Waals surface area contributed by atoms with E-state index in [1.165, 1.54) is 0 Å². The molecule has 3 heterocycles. The van der Waals surface area contributed by atoms with Crippen LogP contribution in [-0.2, 0) is 14.2 Å². The Labute approximate surface area is 63.5 Å². The van der Waals surface area contributed by atoms with Gasteiger partial charge in [-0.2, -0.15) is 0 Å². The van der Waals surface area contributed by atoms with E-state index < -0.39 is 0 Å². The van der Waals surface area contributed by atoms with Gasteiger partial charge in [0.05, 0.1) is 12.7 Å². The van der Waals surface area contributed by atoms with E-state index in [1.54, 1.807) is 12.3 Å². The van der Waals surface area contributed by atoms with Gasteiger partial charge in [-0.05, 0) is 12.2 Å². The molecular formula is C8H6O3. The molecule has 11 heavy (non-hydrogen) atoms. The SMILES string of the molecule is C1=COC2=C3OC(C2)OC3=C1. The van der Waals surface area contributed by atoms with Gasteiger partial charge in [0.2, 0.25) is 12.0 Å². The van der Waals surface area contributed by atoms with E-state index in [-0.39, 0.29) is 6.29 Å². The average Bonchev–Trinajstić information content (AvgIpc) is 2.55. The molecule has 0 N–H and O–H groups in total. The molecule has 3 aliphatic rings. The van der Waals surface area contributed by atoms with Gasteiger partial charge in [-0.1, -0.05) is 0 Å². The molecule has 0 saturated carbocycles. The molecule has 0 radical (unpaired) electrons. The van der Waals surface area contributed by atoms with E-state index in [4.69, 9.17) is 14.2 Å². The molecule has 2 bridgehead atoms. The number of ether oxygens (including phenoxy) is 3. The standard InChI is InChI=1S/C8H6O3/c1-2-5-8-6(9-3-1)4-7(10-5)11-8/h1-3,7H,4H2. The Morgan fingerprint density at radius 2 is 2.36 bits per heavy atom. The third-order valence-corrected chi connectivity index (χ3v) is 1.87. The Morgan fingerprint density at radius 1 is 1.36 bits per heavy atom. The summed E-state index contributed by atoms with van der Waals surface area (Å²) in [6.07, 6.45) is 5.90. The van der Waals surface area contributed by atoms with Crippen LogP contribution in [0.1, 0.15) is 6.42 Å². The summed E-state index contributed by atoms with van der Waals surface area (Å²) in [5, 5.41) is 0. The van der Waals surface area contributed by atoms with Crippen LogP contribution in [0.4, 0.5) is 0 Å². The van der Waals surface area contributed by atoms with Crippen molar-refractivity contribution in [2.75, 3.05) is 0 Å². The Hall–Kier alpha value is -1.38. The van der Waals surface area contributed by atoms with Crippen LogP contribution in [0, 0.1) is 0 Å². The smallest absolute Gasteiger partial charge is 0.248 e. The highest BCUT2D eigenvalue weighted by Gasteiger charge is 2.39. The van der Waals surface area contributed by atoms with Crippen molar-refractivity contribution in [3.8, 4) is 0 Å². The Bertz CT molecular complexity index is 296. The molecule has 1 atom stereocenters. The Balaban J connectivity index is 2.18. The predicted molar refractivity (Wildman–Crippen MR) is 35.9 cm³/mol. The minimum atomic E-state index is -0.133. The van der Waals surface area contributed by atoms with E-state index in [9.17, 15) is 0 Å². The largest absolute Gasteiger partial charge is 0.465 e. The zero-order chi connectivity index (χ0) is 7.26. The highest BCUT2D eigenvalue weighted by molar-refractivity contribution is 5.35. The first-order valence-electron chi connectivity index (χ1n) is 3.54. The minimum Gasteiger partial charge on any atom is -0.465 e. The normalized spacial score (nSPS) is 30.5. The average molecular weight is 150 g/mol. The Kier molecular flexibility index (Phi) is 0.776. The van der Waals surface area contributed by atoms with Crippen molar-refractivity contribution in [1.82, 2.24) is 0 Å². The maximum atomic E-state index is 5.36. The number of allylic oxidation sites excluding steroid dienone is 2. The van der Waals surface area contributed by atoms with Crippen LogP contribution >= 0.6 is 0 Å². The van der Waals surface area contributed by atoms with Crippen molar-refractivity contribution in [2.45, 2.75) is 12.7 Å². The Morgan fingerprint density at radius 3 is 3.27 bits per heavy atom. The highest BCUT2D eigenvalue weighted by atomic mass is 16.7. The highest BCUT2D eigenvalue weighted by Crippen LogP contribution is 2.41. The maximum absolute atomic E-state index is 5.36. The van der Waals surface area contributed by atoms with Crippen molar-refractivity contribution in [2.24, 2.45) is 0 Å². The molecule has 1 unspecified atom stereocenters. The zero-order valence-electron chi connectivity index (χ0n) is 5.74. The quantitative estimate of drug-likeness (QED) is 0.522. The van der Waals surface area contributed by atoms with Gasteiger partial charge < -0.3 is 14.2 Å². The van der Waals surface area contributed by atoms with E-state index in [2.05, 4.69) is 0 Å². The fourth-order valence-electron chi connectivity index (χ4n) is 1.40. The fraction of sp³-hybridized carbons (Fsp3) is 0.250. The zero-order valence-corrected chi connectivity index (χ0v) is 5.74. The third-order valence-electron chi connectivity index (χ3n) is 1.87. The predicted octanol–water partition coefficient (Wildman–Crippen LogP) is 1.40. The maximum Gasteiger partial charge on any atom is 0.248 e. The monoisotopic (exact) mass is 150 g/mol. The van der Waals surface area contributed by atoms with Crippen molar-refractivity contribution >= 4 is 0 Å². The minimum absolute atomic E-state index is 0.133. The van der Waals surface area contributed by atoms with Gasteiger partial charge >= 0.3 is 0 Å². The van der Waals surface area contributed by atoms with Crippen molar-refractivity contribution in [3.63, 3.8) is 0 Å². The number of rotatable bonds is 0. The van der Waals surface area contributed by atoms with Crippen LogP contribution in [0.25, 0.3) is 0 Å². The van der Waals surface area contributed by atoms with Gasteiger partial charge in [0.25, 0.3) is 0 Å². The van der Waals surface area contributed by atoms with Crippen molar-refractivity contribution in [3.05, 3.63) is 35.7 Å². The fourth-order valence-corrected chi connectivity index (χ4v) is 1.40. The number of hydrogen-bond acceptors (Lipinski definition) is 3. The molecule has 3 rings (SSSR count). The lowest BCUT2D eigenvalue weighted by Gasteiger charge is -2.07. The molecule has 1 saturated heterocycles. The van der Waals surface area contributed by atoms with E-state index in [1.807, 2.05) is 6.08 Å². The summed E-state index contributed by atoms with van der Waals surface area (Å²) in [6.45, 7) is 0. The molecule has 3 nitrogen and oxygen atoms in total. The van der Waals surface area contributed by atoms with Gasteiger partial charge in [-0.25, -0.2) is 0 Å². The van der Waals surface area contributed by atoms with Gasteiger partial charge in [0, 0.05) is 0 Å². The summed E-state index contributed by atoms with van der Waals surface area (Å²) in [5.74, 6) is 2.46. The second-order valence-corrected chi connectivity index (χ2v) is 2.60. The summed E-state index contributed by atoms with van der Waals surface area (Å²) in [4.78, 5) is 0. The lowest BCUT2D eigenvalue weighted by Crippen LogP contribution is -2.05. The van der Waals surface area contributed by atoms with Crippen molar-refractivity contribution in [1.29, 1.82) is 0 Å². The van der Waals surface area contributed by atoms with E-state index in [0.29, 0.717) is 0 Å². The second-order valence-electron chi connectivity index (χ2n) is 2.60. The van der Waals surface area contributed by atoms with Gasteiger partial charge in [-0.15, -0.1) is 0 Å². The summed E-state index contributed by atoms with van der Waals surface area (Å²) in [5.41, 5.74) is 0. The van der Waals surface area contributed by atoms with Crippen LogP contribution < -0.4 is 0 Å². The first-order chi connectivity index (χ1) is 5.43. The molecule has 56 valence electrons. The molecular weight excluding hydrogens is 144 g/mol. The molecule has 0 aromatic rings. The van der Waals surface area contributed by atoms with Crippen LogP contribution in [0.5, 0.6) is 0 Å². The summed E-state index contributed by atoms with van der Waals surface area (Å²) in [6, 6.07) is 0. The summed E-state index contributed by atoms with van der Waals surface area (Å²) < 4.78 is 16.0. The van der Waals surface area contributed by atoms with Crippen LogP contribution in [0.15, 0.2) is 35.7 Å². The number of hydrogen-bond donors (Lipinski definition) is 0. The molecule has 0 aromatic carbocycles. The molecule has 0 amide bonds. The lowest BCUT2D eigenvalue weighted by molar-refractivity contribution is -0.00527.